The molecule has 1 amide bonds. The van der Waals surface area contributed by atoms with Gasteiger partial charge in [-0.15, -0.1) is 0 Å². The van der Waals surface area contributed by atoms with Crippen LogP contribution in [0.1, 0.15) is 25.1 Å². The van der Waals surface area contributed by atoms with Gasteiger partial charge in [0.25, 0.3) is 0 Å². The third-order valence-electron chi connectivity index (χ3n) is 6.68. The molecule has 1 atom stereocenters. The van der Waals surface area contributed by atoms with Crippen LogP contribution in [0.3, 0.4) is 0 Å². The van der Waals surface area contributed by atoms with Crippen LogP contribution in [0.4, 0.5) is 10.2 Å². The standard InChI is InChI=1S/C29H28FN7O2/c1-3-39-25-15-26(28-22(16-31)18-34-37(28)19-25)21-5-7-27(33-17-21)35-10-12-36(13-11-35)29(38)20(2)4-6-24-14-23(30)8-9-32-24/h4-9,14-15,17-20H,3,10-13H2,1-2H3/b6-4+. The Morgan fingerprint density at radius 3 is 2.69 bits per heavy atom. The lowest BCUT2D eigenvalue weighted by Crippen LogP contribution is -2.50. The van der Waals surface area contributed by atoms with E-state index in [0.717, 1.165) is 16.9 Å². The lowest BCUT2D eigenvalue weighted by Gasteiger charge is -2.36. The van der Waals surface area contributed by atoms with Crippen molar-refractivity contribution in [3.8, 4) is 22.9 Å². The summed E-state index contributed by atoms with van der Waals surface area (Å²) in [6.07, 6.45) is 9.94. The van der Waals surface area contributed by atoms with E-state index >= 15 is 0 Å². The SMILES string of the molecule is CCOc1cc(-c2ccc(N3CCN(C(=O)C(C)/C=C/c4cc(F)ccn4)CC3)nc2)c2c(C#N)cnn2c1. The van der Waals surface area contributed by atoms with E-state index in [1.165, 1.54) is 18.3 Å². The molecular formula is C29H28FN7O2. The molecule has 9 nitrogen and oxygen atoms in total. The van der Waals surface area contributed by atoms with Gasteiger partial charge in [0.1, 0.15) is 23.5 Å². The van der Waals surface area contributed by atoms with Crippen LogP contribution in [0.25, 0.3) is 22.7 Å². The second-order valence-electron chi connectivity index (χ2n) is 9.25. The first-order chi connectivity index (χ1) is 19.0. The van der Waals surface area contributed by atoms with Gasteiger partial charge < -0.3 is 14.5 Å². The molecule has 4 aromatic heterocycles. The lowest BCUT2D eigenvalue weighted by atomic mass is 10.1. The van der Waals surface area contributed by atoms with Crippen molar-refractivity contribution in [2.75, 3.05) is 37.7 Å². The number of carbonyl (C=O) groups is 1. The lowest BCUT2D eigenvalue weighted by molar-refractivity contribution is -0.133. The fraction of sp³-hybridized carbons (Fsp3) is 0.276. The van der Waals surface area contributed by atoms with E-state index in [1.807, 2.05) is 36.9 Å². The smallest absolute Gasteiger partial charge is 0.229 e. The van der Waals surface area contributed by atoms with Crippen molar-refractivity contribution in [3.63, 3.8) is 0 Å². The van der Waals surface area contributed by atoms with E-state index in [-0.39, 0.29) is 17.6 Å². The summed E-state index contributed by atoms with van der Waals surface area (Å²) in [5, 5.41) is 13.9. The maximum Gasteiger partial charge on any atom is 0.229 e. The molecule has 4 aromatic rings. The Kier molecular flexibility index (Phi) is 7.50. The minimum atomic E-state index is -0.359. The van der Waals surface area contributed by atoms with Crippen molar-refractivity contribution in [1.29, 1.82) is 5.26 Å². The maximum absolute atomic E-state index is 13.4. The molecule has 1 unspecified atom stereocenters. The van der Waals surface area contributed by atoms with E-state index in [0.29, 0.717) is 55.3 Å². The number of anilines is 1. The fourth-order valence-electron chi connectivity index (χ4n) is 4.66. The van der Waals surface area contributed by atoms with Crippen LogP contribution in [0.5, 0.6) is 5.75 Å². The zero-order valence-electron chi connectivity index (χ0n) is 21.8. The molecule has 1 fully saturated rings. The van der Waals surface area contributed by atoms with E-state index in [1.54, 1.807) is 35.3 Å². The number of piperazine rings is 1. The molecule has 5 rings (SSSR count). The van der Waals surface area contributed by atoms with Gasteiger partial charge in [0.05, 0.1) is 41.7 Å². The minimum Gasteiger partial charge on any atom is -0.492 e. The number of aromatic nitrogens is 4. The summed E-state index contributed by atoms with van der Waals surface area (Å²) in [5.74, 6) is 0.807. The first kappa shape index (κ1) is 25.9. The number of rotatable bonds is 7. The van der Waals surface area contributed by atoms with Crippen LogP contribution in [-0.4, -0.2) is 63.2 Å². The van der Waals surface area contributed by atoms with Crippen molar-refractivity contribution in [2.24, 2.45) is 5.92 Å². The number of halogens is 1. The van der Waals surface area contributed by atoms with Gasteiger partial charge in [-0.1, -0.05) is 13.0 Å². The van der Waals surface area contributed by atoms with Gasteiger partial charge in [0.2, 0.25) is 5.91 Å². The van der Waals surface area contributed by atoms with Crippen molar-refractivity contribution in [1.82, 2.24) is 24.5 Å². The number of nitriles is 1. The third kappa shape index (κ3) is 5.57. The quantitative estimate of drug-likeness (QED) is 0.357. The van der Waals surface area contributed by atoms with Gasteiger partial charge in [-0.2, -0.15) is 10.4 Å². The van der Waals surface area contributed by atoms with E-state index < -0.39 is 0 Å². The molecule has 0 saturated carbocycles. The number of hydrogen-bond donors (Lipinski definition) is 0. The summed E-state index contributed by atoms with van der Waals surface area (Å²) >= 11 is 0. The van der Waals surface area contributed by atoms with Gasteiger partial charge in [0.15, 0.2) is 0 Å². The summed E-state index contributed by atoms with van der Waals surface area (Å²) in [5.41, 5.74) is 3.34. The van der Waals surface area contributed by atoms with Gasteiger partial charge >= 0.3 is 0 Å². The van der Waals surface area contributed by atoms with Crippen LogP contribution in [0.2, 0.25) is 0 Å². The molecule has 0 aliphatic carbocycles. The average Bonchev–Trinajstić information content (AvgIpc) is 3.39. The number of ether oxygens (including phenoxy) is 1. The second kappa shape index (κ2) is 11.3. The molecule has 39 heavy (non-hydrogen) atoms. The van der Waals surface area contributed by atoms with E-state index in [9.17, 15) is 14.4 Å². The molecule has 1 saturated heterocycles. The number of fused-ring (bicyclic) bond motifs is 1. The van der Waals surface area contributed by atoms with E-state index in [2.05, 4.69) is 21.1 Å². The van der Waals surface area contributed by atoms with Gasteiger partial charge in [-0.3, -0.25) is 9.78 Å². The first-order valence-corrected chi connectivity index (χ1v) is 12.8. The Morgan fingerprint density at radius 1 is 1.18 bits per heavy atom. The summed E-state index contributed by atoms with van der Waals surface area (Å²) in [6, 6.07) is 10.7. The third-order valence-corrected chi connectivity index (χ3v) is 6.68. The Hall–Kier alpha value is -4.78. The highest BCUT2D eigenvalue weighted by molar-refractivity contribution is 5.85. The van der Waals surface area contributed by atoms with Crippen LogP contribution in [-0.2, 0) is 4.79 Å². The molecule has 0 radical (unpaired) electrons. The van der Waals surface area contributed by atoms with Crippen molar-refractivity contribution in [3.05, 3.63) is 78.3 Å². The van der Waals surface area contributed by atoms with Gasteiger partial charge in [-0.05, 0) is 43.3 Å². The second-order valence-corrected chi connectivity index (χ2v) is 9.25. The predicted octanol–water partition coefficient (Wildman–Crippen LogP) is 4.20. The van der Waals surface area contributed by atoms with Crippen molar-refractivity contribution < 1.29 is 13.9 Å². The highest BCUT2D eigenvalue weighted by Gasteiger charge is 2.24. The molecule has 10 heteroatoms. The largest absolute Gasteiger partial charge is 0.492 e. The normalized spacial score (nSPS) is 14.5. The number of nitrogens with zero attached hydrogens (tertiary/aromatic N) is 7. The van der Waals surface area contributed by atoms with Crippen LogP contribution in [0.15, 0.2) is 61.2 Å². The predicted molar refractivity (Wildman–Crippen MR) is 145 cm³/mol. The highest BCUT2D eigenvalue weighted by atomic mass is 19.1. The summed E-state index contributed by atoms with van der Waals surface area (Å²) in [6.45, 7) is 6.74. The Bertz CT molecular complexity index is 1550. The molecule has 0 aromatic carbocycles. The monoisotopic (exact) mass is 525 g/mol. The number of carbonyl (C=O) groups excluding carboxylic acids is 1. The van der Waals surface area contributed by atoms with Crippen molar-refractivity contribution >= 4 is 23.3 Å². The van der Waals surface area contributed by atoms with Gasteiger partial charge in [-0.25, -0.2) is 13.9 Å². The molecule has 0 bridgehead atoms. The molecule has 0 spiro atoms. The summed E-state index contributed by atoms with van der Waals surface area (Å²) < 4.78 is 20.7. The molecule has 0 N–H and O–H groups in total. The van der Waals surface area contributed by atoms with Crippen molar-refractivity contribution in [2.45, 2.75) is 13.8 Å². The number of hydrogen-bond acceptors (Lipinski definition) is 7. The Morgan fingerprint density at radius 2 is 2.00 bits per heavy atom. The molecule has 1 aliphatic heterocycles. The molecular weight excluding hydrogens is 497 g/mol. The molecule has 1 aliphatic rings. The maximum atomic E-state index is 13.4. The van der Waals surface area contributed by atoms with Crippen LogP contribution >= 0.6 is 0 Å². The van der Waals surface area contributed by atoms with Crippen LogP contribution < -0.4 is 9.64 Å². The Balaban J connectivity index is 1.25. The Labute approximate surface area is 225 Å². The minimum absolute atomic E-state index is 0.0258. The van der Waals surface area contributed by atoms with E-state index in [4.69, 9.17) is 9.72 Å². The highest BCUT2D eigenvalue weighted by Crippen LogP contribution is 2.31. The zero-order chi connectivity index (χ0) is 27.4. The van der Waals surface area contributed by atoms with Gasteiger partial charge in [0, 0.05) is 49.7 Å². The fourth-order valence-corrected chi connectivity index (χ4v) is 4.66. The average molecular weight is 526 g/mol. The molecule has 5 heterocycles. The summed E-state index contributed by atoms with van der Waals surface area (Å²) in [4.78, 5) is 25.7. The van der Waals surface area contributed by atoms with Crippen LogP contribution in [0, 0.1) is 23.1 Å². The zero-order valence-corrected chi connectivity index (χ0v) is 21.8. The first-order valence-electron chi connectivity index (χ1n) is 12.8. The topological polar surface area (TPSA) is 99.6 Å². The molecule has 198 valence electrons. The number of amides is 1. The number of pyridine rings is 3. The summed E-state index contributed by atoms with van der Waals surface area (Å²) in [7, 11) is 0.